The highest BCUT2D eigenvalue weighted by molar-refractivity contribution is 7.99. The summed E-state index contributed by atoms with van der Waals surface area (Å²) < 4.78 is 31.5. The number of aromatic nitrogens is 3. The van der Waals surface area contributed by atoms with Gasteiger partial charge in [-0.15, -0.1) is 10.2 Å². The van der Waals surface area contributed by atoms with E-state index < -0.39 is 6.61 Å². The van der Waals surface area contributed by atoms with Crippen LogP contribution in [0.25, 0.3) is 5.69 Å². The molecule has 1 atom stereocenters. The Morgan fingerprint density at radius 3 is 2.56 bits per heavy atom. The second-order valence-corrected chi connectivity index (χ2v) is 9.64. The van der Waals surface area contributed by atoms with Crippen LogP contribution in [-0.4, -0.2) is 57.1 Å². The average molecular weight is 496 g/mol. The molecule has 1 aliphatic rings. The topological polar surface area (TPSA) is 72.3 Å². The van der Waals surface area contributed by atoms with Gasteiger partial charge in [-0.1, -0.05) is 44.4 Å². The lowest BCUT2D eigenvalue weighted by Crippen LogP contribution is -2.33. The molecule has 1 aliphatic heterocycles. The second-order valence-electron chi connectivity index (χ2n) is 8.70. The van der Waals surface area contributed by atoms with Crippen LogP contribution >= 0.6 is 11.8 Å². The Bertz CT molecular complexity index is 888. The molecule has 188 valence electrons. The van der Waals surface area contributed by atoms with Gasteiger partial charge < -0.3 is 10.1 Å². The maximum absolute atomic E-state index is 12.5. The van der Waals surface area contributed by atoms with Gasteiger partial charge in [0, 0.05) is 11.7 Å². The van der Waals surface area contributed by atoms with Crippen LogP contribution in [0.2, 0.25) is 0 Å². The van der Waals surface area contributed by atoms with Crippen molar-refractivity contribution in [3.63, 3.8) is 0 Å². The van der Waals surface area contributed by atoms with Gasteiger partial charge in [-0.2, -0.15) is 8.78 Å². The summed E-state index contributed by atoms with van der Waals surface area (Å²) in [7, 11) is 0. The first kappa shape index (κ1) is 26.4. The van der Waals surface area contributed by atoms with E-state index in [1.54, 1.807) is 12.1 Å². The molecule has 0 spiro atoms. The van der Waals surface area contributed by atoms with Gasteiger partial charge in [0.25, 0.3) is 0 Å². The van der Waals surface area contributed by atoms with Crippen LogP contribution in [-0.2, 0) is 11.3 Å². The summed E-state index contributed by atoms with van der Waals surface area (Å²) in [5.41, 5.74) is 0.745. The number of nitrogens with one attached hydrogen (secondary N) is 1. The van der Waals surface area contributed by atoms with Crippen molar-refractivity contribution in [2.45, 2.75) is 83.1 Å². The van der Waals surface area contributed by atoms with E-state index in [1.807, 2.05) is 11.5 Å². The molecular weight excluding hydrogens is 460 g/mol. The van der Waals surface area contributed by atoms with E-state index in [-0.39, 0.29) is 23.5 Å². The number of nitrogens with zero attached hydrogens (tertiary/aromatic N) is 4. The highest BCUT2D eigenvalue weighted by atomic mass is 32.2. The zero-order valence-electron chi connectivity index (χ0n) is 20.0. The number of carbonyl (C=O) groups is 1. The van der Waals surface area contributed by atoms with Crippen molar-refractivity contribution in [1.82, 2.24) is 25.0 Å². The molecule has 1 saturated heterocycles. The maximum atomic E-state index is 12.5. The molecule has 2 heterocycles. The largest absolute Gasteiger partial charge is 0.435 e. The Balaban J connectivity index is 1.71. The zero-order valence-corrected chi connectivity index (χ0v) is 20.8. The third-order valence-corrected chi connectivity index (χ3v) is 6.74. The molecule has 10 heteroatoms. The van der Waals surface area contributed by atoms with Crippen LogP contribution in [0.1, 0.15) is 64.6 Å². The summed E-state index contributed by atoms with van der Waals surface area (Å²) in [6.45, 7) is 3.98. The minimum Gasteiger partial charge on any atom is -0.435 e. The number of rotatable bonds is 13. The van der Waals surface area contributed by atoms with Gasteiger partial charge in [0.15, 0.2) is 11.0 Å². The number of halogens is 2. The fraction of sp³-hybridized carbons (Fsp3) is 0.625. The molecule has 2 aromatic rings. The van der Waals surface area contributed by atoms with Crippen LogP contribution in [0.5, 0.6) is 5.75 Å². The van der Waals surface area contributed by atoms with Crippen LogP contribution in [0, 0.1) is 0 Å². The van der Waals surface area contributed by atoms with Crippen LogP contribution in [0.15, 0.2) is 29.4 Å². The number of hydrogen-bond acceptors (Lipinski definition) is 6. The zero-order chi connectivity index (χ0) is 24.3. The molecule has 7 nitrogen and oxygen atoms in total. The van der Waals surface area contributed by atoms with E-state index in [2.05, 4.69) is 32.1 Å². The van der Waals surface area contributed by atoms with Crippen molar-refractivity contribution in [3.8, 4) is 11.4 Å². The van der Waals surface area contributed by atoms with Gasteiger partial charge in [-0.05, 0) is 63.5 Å². The van der Waals surface area contributed by atoms with E-state index in [9.17, 15) is 13.6 Å². The molecule has 0 bridgehead atoms. The minimum absolute atomic E-state index is 0.0400. The molecule has 34 heavy (non-hydrogen) atoms. The Morgan fingerprint density at radius 1 is 1.15 bits per heavy atom. The summed E-state index contributed by atoms with van der Waals surface area (Å²) in [6, 6.07) is 6.56. The number of piperidine rings is 1. The molecule has 3 rings (SSSR count). The van der Waals surface area contributed by atoms with Gasteiger partial charge in [0.05, 0.1) is 12.3 Å². The fourth-order valence-electron chi connectivity index (χ4n) is 4.07. The van der Waals surface area contributed by atoms with Crippen molar-refractivity contribution in [3.05, 3.63) is 30.1 Å². The summed E-state index contributed by atoms with van der Waals surface area (Å²) in [5, 5.41) is 12.4. The van der Waals surface area contributed by atoms with Crippen LogP contribution < -0.4 is 10.1 Å². The molecule has 1 fully saturated rings. The van der Waals surface area contributed by atoms with Gasteiger partial charge in [-0.3, -0.25) is 14.3 Å². The highest BCUT2D eigenvalue weighted by Gasteiger charge is 2.20. The van der Waals surface area contributed by atoms with Gasteiger partial charge in [0.2, 0.25) is 5.91 Å². The smallest absolute Gasteiger partial charge is 0.387 e. The molecule has 0 aliphatic carbocycles. The highest BCUT2D eigenvalue weighted by Crippen LogP contribution is 2.25. The molecular formula is C24H35F2N5O2S. The number of amides is 1. The van der Waals surface area contributed by atoms with E-state index in [0.717, 1.165) is 56.7 Å². The first-order valence-corrected chi connectivity index (χ1v) is 13.1. The Hall–Kier alpha value is -2.20. The van der Waals surface area contributed by atoms with E-state index >= 15 is 0 Å². The number of ether oxygens (including phenoxy) is 1. The first-order chi connectivity index (χ1) is 16.5. The lowest BCUT2D eigenvalue weighted by molar-refractivity contribution is -0.119. The second kappa shape index (κ2) is 13.6. The summed E-state index contributed by atoms with van der Waals surface area (Å²) in [4.78, 5) is 14.8. The van der Waals surface area contributed by atoms with E-state index in [1.165, 1.54) is 36.7 Å². The van der Waals surface area contributed by atoms with Gasteiger partial charge >= 0.3 is 6.61 Å². The molecule has 0 radical (unpaired) electrons. The number of alkyl halides is 2. The molecule has 1 aromatic heterocycles. The maximum Gasteiger partial charge on any atom is 0.387 e. The van der Waals surface area contributed by atoms with Gasteiger partial charge in [-0.25, -0.2) is 0 Å². The number of benzene rings is 1. The SMILES string of the molecule is CCCCCC(C)NC(=O)CSc1nnc(CN2CCCCC2)n1-c1ccc(OC(F)F)cc1. The normalized spacial score (nSPS) is 15.4. The number of hydrogen-bond donors (Lipinski definition) is 1. The first-order valence-electron chi connectivity index (χ1n) is 12.1. The predicted molar refractivity (Wildman–Crippen MR) is 130 cm³/mol. The van der Waals surface area contributed by atoms with Crippen LogP contribution in [0.4, 0.5) is 8.78 Å². The van der Waals surface area contributed by atoms with E-state index in [4.69, 9.17) is 0 Å². The monoisotopic (exact) mass is 495 g/mol. The Morgan fingerprint density at radius 2 is 1.88 bits per heavy atom. The average Bonchev–Trinajstić information content (AvgIpc) is 3.21. The number of unbranched alkanes of at least 4 members (excludes halogenated alkanes) is 2. The number of likely N-dealkylation sites (tertiary alicyclic amines) is 1. The molecule has 1 unspecified atom stereocenters. The van der Waals surface area contributed by atoms with Crippen molar-refractivity contribution in [1.29, 1.82) is 0 Å². The van der Waals surface area contributed by atoms with Crippen LogP contribution in [0.3, 0.4) is 0 Å². The molecule has 0 saturated carbocycles. The molecule has 1 aromatic carbocycles. The summed E-state index contributed by atoms with van der Waals surface area (Å²) >= 11 is 1.33. The quantitative estimate of drug-likeness (QED) is 0.310. The third kappa shape index (κ3) is 8.23. The summed E-state index contributed by atoms with van der Waals surface area (Å²) in [5.74, 6) is 1.05. The minimum atomic E-state index is -2.87. The van der Waals surface area contributed by atoms with Crippen molar-refractivity contribution >= 4 is 17.7 Å². The van der Waals surface area contributed by atoms with Crippen molar-refractivity contribution in [2.75, 3.05) is 18.8 Å². The lowest BCUT2D eigenvalue weighted by atomic mass is 10.1. The molecule has 1 amide bonds. The Labute approximate surface area is 204 Å². The fourth-order valence-corrected chi connectivity index (χ4v) is 4.85. The number of carbonyl (C=O) groups excluding carboxylic acids is 1. The van der Waals surface area contributed by atoms with E-state index in [0.29, 0.717) is 11.7 Å². The van der Waals surface area contributed by atoms with Gasteiger partial charge in [0.1, 0.15) is 5.75 Å². The Kier molecular flexibility index (Phi) is 10.6. The predicted octanol–water partition coefficient (Wildman–Crippen LogP) is 5.03. The lowest BCUT2D eigenvalue weighted by Gasteiger charge is -2.26. The molecule has 1 N–H and O–H groups in total. The standard InChI is InChI=1S/C24H35F2N5O2S/c1-3-4-6-9-18(2)27-22(32)17-34-24-29-28-21(16-30-14-7-5-8-15-30)31(24)19-10-12-20(13-11-19)33-23(25)26/h10-13,18,23H,3-9,14-17H2,1-2H3,(H,27,32). The van der Waals surface area contributed by atoms with Crippen molar-refractivity contribution < 1.29 is 18.3 Å². The number of thioether (sulfide) groups is 1. The van der Waals surface area contributed by atoms with Crippen molar-refractivity contribution in [2.24, 2.45) is 0 Å². The summed E-state index contributed by atoms with van der Waals surface area (Å²) in [6.07, 6.45) is 7.94. The third-order valence-electron chi connectivity index (χ3n) is 5.81.